The highest BCUT2D eigenvalue weighted by Crippen LogP contribution is 2.18. The summed E-state index contributed by atoms with van der Waals surface area (Å²) in [5.41, 5.74) is 1.21. The number of aromatic nitrogens is 2. The molecule has 2 amide bonds. The lowest BCUT2D eigenvalue weighted by Crippen LogP contribution is -2.12. The molecule has 3 aromatic rings. The molecule has 0 unspecified atom stereocenters. The number of nitrogens with one attached hydrogen (secondary N) is 2. The van der Waals surface area contributed by atoms with Crippen LogP contribution >= 0.6 is 34.5 Å². The Labute approximate surface area is 169 Å². The van der Waals surface area contributed by atoms with Gasteiger partial charge in [0.2, 0.25) is 10.9 Å². The average molecular weight is 421 g/mol. The number of nitrogens with zero attached hydrogens (tertiary/aromatic N) is 2. The molecular formula is C18H14Cl2N4O2S. The molecule has 0 saturated carbocycles. The van der Waals surface area contributed by atoms with Crippen molar-refractivity contribution in [1.82, 2.24) is 10.2 Å². The Balaban J connectivity index is 1.53. The fourth-order valence-electron chi connectivity index (χ4n) is 2.21. The minimum absolute atomic E-state index is 0.169. The molecule has 0 radical (unpaired) electrons. The Hall–Kier alpha value is -2.48. The van der Waals surface area contributed by atoms with Gasteiger partial charge in [-0.05, 0) is 36.4 Å². The highest BCUT2D eigenvalue weighted by Gasteiger charge is 2.14. The van der Waals surface area contributed by atoms with Crippen LogP contribution in [0, 0.1) is 0 Å². The minimum atomic E-state index is -0.371. The van der Waals surface area contributed by atoms with Crippen molar-refractivity contribution in [3.8, 4) is 0 Å². The van der Waals surface area contributed by atoms with Crippen LogP contribution in [0.4, 0.5) is 11.4 Å². The van der Waals surface area contributed by atoms with E-state index in [1.807, 2.05) is 0 Å². The second-order valence-electron chi connectivity index (χ2n) is 5.52. The van der Waals surface area contributed by atoms with Crippen molar-refractivity contribution in [1.29, 1.82) is 0 Å². The zero-order valence-electron chi connectivity index (χ0n) is 13.9. The van der Waals surface area contributed by atoms with Crippen molar-refractivity contribution < 1.29 is 9.59 Å². The molecule has 6 nitrogen and oxygen atoms in total. The molecule has 2 aromatic carbocycles. The fourth-order valence-corrected chi connectivity index (χ4v) is 3.32. The zero-order chi connectivity index (χ0) is 19.2. The molecule has 0 aliphatic carbocycles. The monoisotopic (exact) mass is 420 g/mol. The Bertz CT molecular complexity index is 977. The second-order valence-corrected chi connectivity index (χ2v) is 7.46. The average Bonchev–Trinajstić information content (AvgIpc) is 3.09. The molecule has 0 bridgehead atoms. The smallest absolute Gasteiger partial charge is 0.286 e. The van der Waals surface area contributed by atoms with Gasteiger partial charge in [0.1, 0.15) is 5.01 Å². The number of amides is 2. The van der Waals surface area contributed by atoms with Crippen LogP contribution in [0.3, 0.4) is 0 Å². The zero-order valence-corrected chi connectivity index (χ0v) is 16.2. The molecule has 0 fully saturated rings. The van der Waals surface area contributed by atoms with E-state index in [-0.39, 0.29) is 23.2 Å². The van der Waals surface area contributed by atoms with Crippen LogP contribution in [-0.2, 0) is 11.2 Å². The Morgan fingerprint density at radius 2 is 1.56 bits per heavy atom. The van der Waals surface area contributed by atoms with Gasteiger partial charge in [-0.2, -0.15) is 0 Å². The Kier molecular flexibility index (Phi) is 6.39. The summed E-state index contributed by atoms with van der Waals surface area (Å²) in [4.78, 5) is 24.2. The van der Waals surface area contributed by atoms with Crippen LogP contribution in [0.25, 0.3) is 0 Å². The first kappa shape index (κ1) is 19.3. The first-order valence-corrected chi connectivity index (χ1v) is 9.51. The van der Waals surface area contributed by atoms with Gasteiger partial charge < -0.3 is 10.6 Å². The number of anilines is 2. The summed E-state index contributed by atoms with van der Waals surface area (Å²) >= 11 is 12.9. The van der Waals surface area contributed by atoms with Crippen molar-refractivity contribution in [2.24, 2.45) is 0 Å². The molecule has 1 aromatic heterocycles. The van der Waals surface area contributed by atoms with Gasteiger partial charge in [-0.15, -0.1) is 10.2 Å². The lowest BCUT2D eigenvalue weighted by molar-refractivity contribution is -0.116. The molecule has 3 rings (SSSR count). The molecule has 138 valence electrons. The molecule has 0 spiro atoms. The summed E-state index contributed by atoms with van der Waals surface area (Å²) in [5, 5.41) is 15.2. The van der Waals surface area contributed by atoms with Crippen LogP contribution in [-0.4, -0.2) is 22.0 Å². The van der Waals surface area contributed by atoms with Gasteiger partial charge >= 0.3 is 0 Å². The van der Waals surface area contributed by atoms with E-state index in [9.17, 15) is 9.59 Å². The summed E-state index contributed by atoms with van der Waals surface area (Å²) in [6, 6.07) is 13.7. The fraction of sp³-hybridized carbons (Fsp3) is 0.111. The topological polar surface area (TPSA) is 84.0 Å². The van der Waals surface area contributed by atoms with Crippen molar-refractivity contribution in [2.75, 3.05) is 10.6 Å². The summed E-state index contributed by atoms with van der Waals surface area (Å²) in [6.07, 6.45) is 0.603. The van der Waals surface area contributed by atoms with Crippen LogP contribution in [0.2, 0.25) is 10.0 Å². The van der Waals surface area contributed by atoms with Crippen LogP contribution in [0.15, 0.2) is 48.5 Å². The third kappa shape index (κ3) is 5.75. The summed E-state index contributed by atoms with van der Waals surface area (Å²) in [7, 11) is 0. The maximum absolute atomic E-state index is 12.2. The third-order valence-corrected chi connectivity index (χ3v) is 4.87. The normalized spacial score (nSPS) is 10.4. The second kappa shape index (κ2) is 8.94. The van der Waals surface area contributed by atoms with E-state index in [1.54, 1.807) is 48.5 Å². The number of hydrogen-bond donors (Lipinski definition) is 2. The molecule has 0 saturated heterocycles. The molecule has 2 N–H and O–H groups in total. The van der Waals surface area contributed by atoms with Crippen molar-refractivity contribution in [3.05, 3.63) is 68.6 Å². The lowest BCUT2D eigenvalue weighted by Gasteiger charge is -2.04. The van der Waals surface area contributed by atoms with Gasteiger partial charge in [-0.3, -0.25) is 9.59 Å². The van der Waals surface area contributed by atoms with Crippen LogP contribution < -0.4 is 10.6 Å². The largest absolute Gasteiger partial charge is 0.326 e. The molecule has 0 aliphatic heterocycles. The van der Waals surface area contributed by atoms with Crippen molar-refractivity contribution >= 4 is 57.7 Å². The molecule has 1 heterocycles. The lowest BCUT2D eigenvalue weighted by atomic mass is 10.2. The predicted molar refractivity (Wildman–Crippen MR) is 108 cm³/mol. The maximum atomic E-state index is 12.2. The quantitative estimate of drug-likeness (QED) is 0.606. The van der Waals surface area contributed by atoms with Crippen molar-refractivity contribution in [2.45, 2.75) is 12.8 Å². The van der Waals surface area contributed by atoms with Gasteiger partial charge in [-0.25, -0.2) is 0 Å². The standard InChI is InChI=1S/C18H14Cl2N4O2S/c19-11-3-1-5-13(9-11)21-15(25)7-8-16-23-24-18(27-16)17(26)22-14-6-2-4-12(20)10-14/h1-6,9-10H,7-8H2,(H,21,25)(H,22,26). The number of carbonyl (C=O) groups excluding carboxylic acids is 2. The van der Waals surface area contributed by atoms with E-state index in [0.717, 1.165) is 11.3 Å². The summed E-state index contributed by atoms with van der Waals surface area (Å²) < 4.78 is 0. The van der Waals surface area contributed by atoms with Gasteiger partial charge in [-0.1, -0.05) is 46.7 Å². The van der Waals surface area contributed by atoms with Crippen molar-refractivity contribution in [3.63, 3.8) is 0 Å². The minimum Gasteiger partial charge on any atom is -0.326 e. The first-order chi connectivity index (χ1) is 13.0. The summed E-state index contributed by atoms with van der Waals surface area (Å²) in [5.74, 6) is -0.540. The van der Waals surface area contributed by atoms with E-state index in [2.05, 4.69) is 20.8 Å². The highest BCUT2D eigenvalue weighted by atomic mass is 35.5. The number of rotatable bonds is 6. The first-order valence-electron chi connectivity index (χ1n) is 7.94. The number of aryl methyl sites for hydroxylation is 1. The molecule has 0 aliphatic rings. The number of halogens is 2. The number of carbonyl (C=O) groups is 2. The molecule has 9 heteroatoms. The SMILES string of the molecule is O=C(CCc1nnc(C(=O)Nc2cccc(Cl)c2)s1)Nc1cccc(Cl)c1. The maximum Gasteiger partial charge on any atom is 0.286 e. The molecular weight excluding hydrogens is 407 g/mol. The van der Waals surface area contributed by atoms with Crippen LogP contribution in [0.1, 0.15) is 21.2 Å². The van der Waals surface area contributed by atoms with Crippen LogP contribution in [0.5, 0.6) is 0 Å². The van der Waals surface area contributed by atoms with Gasteiger partial charge in [0.15, 0.2) is 0 Å². The summed E-state index contributed by atoms with van der Waals surface area (Å²) in [6.45, 7) is 0. The van der Waals surface area contributed by atoms with E-state index in [0.29, 0.717) is 32.8 Å². The third-order valence-electron chi connectivity index (χ3n) is 3.42. The molecule has 0 atom stereocenters. The van der Waals surface area contributed by atoms with E-state index >= 15 is 0 Å². The Morgan fingerprint density at radius 3 is 2.19 bits per heavy atom. The predicted octanol–water partition coefficient (Wildman–Crippen LogP) is 4.67. The van der Waals surface area contributed by atoms with E-state index < -0.39 is 0 Å². The van der Waals surface area contributed by atoms with Gasteiger partial charge in [0.25, 0.3) is 5.91 Å². The van der Waals surface area contributed by atoms with E-state index in [1.165, 1.54) is 0 Å². The van der Waals surface area contributed by atoms with E-state index in [4.69, 9.17) is 23.2 Å². The number of benzene rings is 2. The highest BCUT2D eigenvalue weighted by molar-refractivity contribution is 7.13. The van der Waals surface area contributed by atoms with Gasteiger partial charge in [0, 0.05) is 34.3 Å². The Morgan fingerprint density at radius 1 is 0.926 bits per heavy atom. The number of hydrogen-bond acceptors (Lipinski definition) is 5. The molecule has 27 heavy (non-hydrogen) atoms. The van der Waals surface area contributed by atoms with Gasteiger partial charge in [0.05, 0.1) is 0 Å².